The molecule has 21 heavy (non-hydrogen) atoms. The van der Waals surface area contributed by atoms with E-state index in [1.165, 1.54) is 0 Å². The minimum absolute atomic E-state index is 0.286. The van der Waals surface area contributed by atoms with E-state index in [2.05, 4.69) is 10.6 Å². The predicted molar refractivity (Wildman–Crippen MR) is 79.5 cm³/mol. The van der Waals surface area contributed by atoms with Crippen LogP contribution in [-0.4, -0.2) is 11.8 Å². The zero-order valence-corrected chi connectivity index (χ0v) is 11.2. The number of hydrogen-bond acceptors (Lipinski definition) is 3. The number of amides is 2. The van der Waals surface area contributed by atoms with Gasteiger partial charge in [-0.25, -0.2) is 0 Å². The summed E-state index contributed by atoms with van der Waals surface area (Å²) in [6, 6.07) is 17.4. The number of para-hydroxylation sites is 1. The zero-order chi connectivity index (χ0) is 15.1. The molecule has 0 saturated carbocycles. The quantitative estimate of drug-likeness (QED) is 0.844. The zero-order valence-electron chi connectivity index (χ0n) is 11.2. The van der Waals surface area contributed by atoms with E-state index in [-0.39, 0.29) is 6.42 Å². The fourth-order valence-corrected chi connectivity index (χ4v) is 1.74. The van der Waals surface area contributed by atoms with Crippen molar-refractivity contribution in [1.82, 2.24) is 0 Å². The summed E-state index contributed by atoms with van der Waals surface area (Å²) >= 11 is 0. The van der Waals surface area contributed by atoms with Crippen LogP contribution >= 0.6 is 0 Å². The number of carbonyl (C=O) groups is 2. The van der Waals surface area contributed by atoms with Crippen LogP contribution in [0.5, 0.6) is 0 Å². The fraction of sp³-hybridized carbons (Fsp3) is 0.0625. The standard InChI is InChI=1S/C16H13N3O2/c17-11-12-5-4-8-14(9-12)19-16(21)10-15(20)18-13-6-2-1-3-7-13/h1-9H,10H2,(H,18,20)(H,19,21). The van der Waals surface area contributed by atoms with Crippen molar-refractivity contribution in [3.63, 3.8) is 0 Å². The summed E-state index contributed by atoms with van der Waals surface area (Å²) in [7, 11) is 0. The molecule has 5 heteroatoms. The van der Waals surface area contributed by atoms with Crippen LogP contribution in [-0.2, 0) is 9.59 Å². The van der Waals surface area contributed by atoms with Crippen molar-refractivity contribution in [2.45, 2.75) is 6.42 Å². The van der Waals surface area contributed by atoms with Crippen molar-refractivity contribution in [3.05, 3.63) is 60.2 Å². The summed E-state index contributed by atoms with van der Waals surface area (Å²) in [4.78, 5) is 23.5. The Morgan fingerprint density at radius 2 is 1.52 bits per heavy atom. The molecule has 2 amide bonds. The van der Waals surface area contributed by atoms with Crippen LogP contribution in [0.4, 0.5) is 11.4 Å². The summed E-state index contributed by atoms with van der Waals surface area (Å²) in [6.45, 7) is 0. The van der Waals surface area contributed by atoms with E-state index in [4.69, 9.17) is 5.26 Å². The smallest absolute Gasteiger partial charge is 0.233 e. The van der Waals surface area contributed by atoms with Crippen LogP contribution in [0.15, 0.2) is 54.6 Å². The van der Waals surface area contributed by atoms with E-state index in [9.17, 15) is 9.59 Å². The van der Waals surface area contributed by atoms with Gasteiger partial charge in [-0.1, -0.05) is 24.3 Å². The number of hydrogen-bond donors (Lipinski definition) is 2. The van der Waals surface area contributed by atoms with Crippen molar-refractivity contribution in [1.29, 1.82) is 5.26 Å². The van der Waals surface area contributed by atoms with Gasteiger partial charge in [-0.05, 0) is 30.3 Å². The molecule has 2 aromatic carbocycles. The molecule has 0 aromatic heterocycles. The van der Waals surface area contributed by atoms with Crippen LogP contribution in [0.1, 0.15) is 12.0 Å². The first-order chi connectivity index (χ1) is 10.2. The normalized spacial score (nSPS) is 9.48. The van der Waals surface area contributed by atoms with Crippen LogP contribution in [0.25, 0.3) is 0 Å². The second-order valence-electron chi connectivity index (χ2n) is 4.33. The Balaban J connectivity index is 1.89. The van der Waals surface area contributed by atoms with Crippen molar-refractivity contribution < 1.29 is 9.59 Å². The van der Waals surface area contributed by atoms with E-state index in [0.717, 1.165) is 0 Å². The summed E-state index contributed by atoms with van der Waals surface area (Å²) < 4.78 is 0. The first-order valence-corrected chi connectivity index (χ1v) is 6.32. The summed E-state index contributed by atoms with van der Waals surface area (Å²) in [5.41, 5.74) is 1.58. The molecule has 0 spiro atoms. The number of rotatable bonds is 4. The van der Waals surface area contributed by atoms with Gasteiger partial charge in [0.25, 0.3) is 0 Å². The third kappa shape index (κ3) is 4.48. The van der Waals surface area contributed by atoms with Crippen molar-refractivity contribution in [2.75, 3.05) is 10.6 Å². The Morgan fingerprint density at radius 3 is 2.19 bits per heavy atom. The highest BCUT2D eigenvalue weighted by atomic mass is 16.2. The molecule has 2 N–H and O–H groups in total. The third-order valence-electron chi connectivity index (χ3n) is 2.65. The third-order valence-corrected chi connectivity index (χ3v) is 2.65. The molecule has 0 bridgehead atoms. The molecule has 0 unspecified atom stereocenters. The van der Waals surface area contributed by atoms with E-state index in [1.807, 2.05) is 12.1 Å². The molecule has 2 aromatic rings. The number of anilines is 2. The van der Waals surface area contributed by atoms with E-state index in [0.29, 0.717) is 16.9 Å². The topological polar surface area (TPSA) is 82.0 Å². The van der Waals surface area contributed by atoms with Crippen LogP contribution in [0.2, 0.25) is 0 Å². The average molecular weight is 279 g/mol. The summed E-state index contributed by atoms with van der Waals surface area (Å²) in [5.74, 6) is -0.825. The number of nitrogens with zero attached hydrogens (tertiary/aromatic N) is 1. The Morgan fingerprint density at radius 1 is 0.905 bits per heavy atom. The van der Waals surface area contributed by atoms with Gasteiger partial charge in [0.15, 0.2) is 0 Å². The van der Waals surface area contributed by atoms with E-state index >= 15 is 0 Å². The predicted octanol–water partition coefficient (Wildman–Crippen LogP) is 2.53. The molecule has 0 atom stereocenters. The van der Waals surface area contributed by atoms with Gasteiger partial charge >= 0.3 is 0 Å². The van der Waals surface area contributed by atoms with E-state index in [1.54, 1.807) is 48.5 Å². The lowest BCUT2D eigenvalue weighted by molar-refractivity contribution is -0.123. The highest BCUT2D eigenvalue weighted by Crippen LogP contribution is 2.10. The lowest BCUT2D eigenvalue weighted by atomic mass is 10.2. The fourth-order valence-electron chi connectivity index (χ4n) is 1.74. The van der Waals surface area contributed by atoms with Crippen molar-refractivity contribution in [2.24, 2.45) is 0 Å². The molecule has 104 valence electrons. The van der Waals surface area contributed by atoms with Crippen molar-refractivity contribution >= 4 is 23.2 Å². The molecule has 0 heterocycles. The summed E-state index contributed by atoms with van der Waals surface area (Å²) in [6.07, 6.45) is -0.286. The SMILES string of the molecule is N#Cc1cccc(NC(=O)CC(=O)Nc2ccccc2)c1. The van der Waals surface area contributed by atoms with Gasteiger partial charge in [0.1, 0.15) is 6.42 Å². The first kappa shape index (κ1) is 14.3. The Bertz CT molecular complexity index is 690. The maximum Gasteiger partial charge on any atom is 0.233 e. The molecule has 0 aliphatic heterocycles. The highest BCUT2D eigenvalue weighted by molar-refractivity contribution is 6.08. The summed E-state index contributed by atoms with van der Waals surface area (Å²) in [5, 5.41) is 14.0. The maximum absolute atomic E-state index is 11.8. The molecule has 0 fully saturated rings. The van der Waals surface area contributed by atoms with Crippen molar-refractivity contribution in [3.8, 4) is 6.07 Å². The molecule has 2 rings (SSSR count). The minimum Gasteiger partial charge on any atom is -0.326 e. The van der Waals surface area contributed by atoms with Gasteiger partial charge in [0, 0.05) is 11.4 Å². The molecule has 0 saturated heterocycles. The lowest BCUT2D eigenvalue weighted by Gasteiger charge is -2.06. The lowest BCUT2D eigenvalue weighted by Crippen LogP contribution is -2.21. The Labute approximate surface area is 122 Å². The number of nitriles is 1. The minimum atomic E-state index is -0.432. The maximum atomic E-state index is 11.8. The second-order valence-corrected chi connectivity index (χ2v) is 4.33. The Kier molecular flexibility index (Phi) is 4.67. The van der Waals surface area contributed by atoms with E-state index < -0.39 is 11.8 Å². The number of nitrogens with one attached hydrogen (secondary N) is 2. The Hall–Kier alpha value is -3.13. The highest BCUT2D eigenvalue weighted by Gasteiger charge is 2.10. The number of carbonyl (C=O) groups excluding carboxylic acids is 2. The largest absolute Gasteiger partial charge is 0.326 e. The second kappa shape index (κ2) is 6.87. The van der Waals surface area contributed by atoms with Gasteiger partial charge in [0.2, 0.25) is 11.8 Å². The monoisotopic (exact) mass is 279 g/mol. The molecular formula is C16H13N3O2. The molecule has 5 nitrogen and oxygen atoms in total. The van der Waals surface area contributed by atoms with Crippen LogP contribution in [0.3, 0.4) is 0 Å². The van der Waals surface area contributed by atoms with Gasteiger partial charge in [-0.2, -0.15) is 5.26 Å². The molecule has 0 aliphatic rings. The van der Waals surface area contributed by atoms with Gasteiger partial charge in [-0.3, -0.25) is 9.59 Å². The number of benzene rings is 2. The average Bonchev–Trinajstić information content (AvgIpc) is 2.48. The molecule has 0 radical (unpaired) electrons. The molecular weight excluding hydrogens is 266 g/mol. The molecule has 0 aliphatic carbocycles. The van der Waals surface area contributed by atoms with Crippen LogP contribution in [0, 0.1) is 11.3 Å². The van der Waals surface area contributed by atoms with Crippen LogP contribution < -0.4 is 10.6 Å². The van der Waals surface area contributed by atoms with Gasteiger partial charge in [0.05, 0.1) is 11.6 Å². The van der Waals surface area contributed by atoms with Gasteiger partial charge in [-0.15, -0.1) is 0 Å². The van der Waals surface area contributed by atoms with Gasteiger partial charge < -0.3 is 10.6 Å². The first-order valence-electron chi connectivity index (χ1n) is 6.32.